The van der Waals surface area contributed by atoms with Crippen molar-refractivity contribution in [2.75, 3.05) is 33.2 Å². The molecule has 0 aromatic rings. The number of hydrogen-bond acceptors (Lipinski definition) is 3. The van der Waals surface area contributed by atoms with E-state index >= 15 is 0 Å². The minimum atomic E-state index is 0.465. The summed E-state index contributed by atoms with van der Waals surface area (Å²) in [6.45, 7) is 6.16. The topological polar surface area (TPSA) is 30.3 Å². The first-order chi connectivity index (χ1) is 7.20. The van der Waals surface area contributed by atoms with Crippen LogP contribution in [0.5, 0.6) is 0 Å². The second-order valence-corrected chi connectivity index (χ2v) is 4.78. The normalized spacial score (nSPS) is 26.6. The Morgan fingerprint density at radius 3 is 2.73 bits per heavy atom. The zero-order valence-electron chi connectivity index (χ0n) is 9.66. The summed E-state index contributed by atoms with van der Waals surface area (Å²) in [5, 5.41) is 8.90. The number of allylic oxidation sites excluding steroid dienone is 1. The molecule has 1 heterocycles. The SMILES string of the molecule is C/C=C(\C#N)CN1CCN(C)C2(CC2)C1. The molecular formula is C12H19N3. The van der Waals surface area contributed by atoms with Crippen LogP contribution in [0, 0.1) is 11.3 Å². The molecule has 1 aliphatic heterocycles. The van der Waals surface area contributed by atoms with E-state index in [0.29, 0.717) is 5.54 Å². The quantitative estimate of drug-likeness (QED) is 0.635. The monoisotopic (exact) mass is 205 g/mol. The number of hydrogen-bond donors (Lipinski definition) is 0. The van der Waals surface area contributed by atoms with Crippen molar-refractivity contribution >= 4 is 0 Å². The van der Waals surface area contributed by atoms with Crippen LogP contribution in [0.1, 0.15) is 19.8 Å². The minimum absolute atomic E-state index is 0.465. The van der Waals surface area contributed by atoms with E-state index in [4.69, 9.17) is 5.26 Å². The number of piperazine rings is 1. The summed E-state index contributed by atoms with van der Waals surface area (Å²) in [6.07, 6.45) is 4.59. The average molecular weight is 205 g/mol. The van der Waals surface area contributed by atoms with Crippen LogP contribution < -0.4 is 0 Å². The molecule has 0 unspecified atom stereocenters. The maximum atomic E-state index is 8.90. The van der Waals surface area contributed by atoms with Crippen molar-refractivity contribution < 1.29 is 0 Å². The van der Waals surface area contributed by atoms with Crippen molar-refractivity contribution in [1.82, 2.24) is 9.80 Å². The minimum Gasteiger partial charge on any atom is -0.298 e. The molecule has 0 aromatic heterocycles. The van der Waals surface area contributed by atoms with Gasteiger partial charge in [-0.1, -0.05) is 6.08 Å². The molecule has 1 spiro atoms. The number of nitrogens with zero attached hydrogens (tertiary/aromatic N) is 3. The van der Waals surface area contributed by atoms with E-state index in [1.165, 1.54) is 12.8 Å². The van der Waals surface area contributed by atoms with Crippen LogP contribution in [-0.2, 0) is 0 Å². The fraction of sp³-hybridized carbons (Fsp3) is 0.750. The maximum Gasteiger partial charge on any atom is 0.0957 e. The summed E-state index contributed by atoms with van der Waals surface area (Å²) >= 11 is 0. The number of nitriles is 1. The standard InChI is InChI=1S/C12H19N3/c1-3-11(8-13)9-15-7-6-14(2)12(10-15)4-5-12/h3H,4-7,9-10H2,1-2H3/b11-3+. The highest BCUT2D eigenvalue weighted by atomic mass is 15.3. The highest BCUT2D eigenvalue weighted by Crippen LogP contribution is 2.43. The summed E-state index contributed by atoms with van der Waals surface area (Å²) in [5.41, 5.74) is 1.36. The highest BCUT2D eigenvalue weighted by Gasteiger charge is 2.49. The lowest BCUT2D eigenvalue weighted by Crippen LogP contribution is -2.53. The van der Waals surface area contributed by atoms with Gasteiger partial charge in [-0.25, -0.2) is 0 Å². The van der Waals surface area contributed by atoms with Crippen LogP contribution in [0.2, 0.25) is 0 Å². The van der Waals surface area contributed by atoms with Gasteiger partial charge in [0.25, 0.3) is 0 Å². The third-order valence-electron chi connectivity index (χ3n) is 3.79. The van der Waals surface area contributed by atoms with Gasteiger partial charge in [-0.2, -0.15) is 5.26 Å². The van der Waals surface area contributed by atoms with Gasteiger partial charge >= 0.3 is 0 Å². The van der Waals surface area contributed by atoms with Crippen LogP contribution in [-0.4, -0.2) is 48.6 Å². The van der Waals surface area contributed by atoms with E-state index < -0.39 is 0 Å². The van der Waals surface area contributed by atoms with E-state index in [2.05, 4.69) is 22.9 Å². The number of rotatable bonds is 2. The Hall–Kier alpha value is -0.850. The molecule has 3 nitrogen and oxygen atoms in total. The van der Waals surface area contributed by atoms with E-state index in [1.54, 1.807) is 0 Å². The average Bonchev–Trinajstić information content (AvgIpc) is 3.01. The molecule has 1 saturated heterocycles. The second kappa shape index (κ2) is 3.96. The first-order valence-electron chi connectivity index (χ1n) is 5.69. The van der Waals surface area contributed by atoms with Crippen molar-refractivity contribution in [3.05, 3.63) is 11.6 Å². The summed E-state index contributed by atoms with van der Waals surface area (Å²) in [4.78, 5) is 4.91. The van der Waals surface area contributed by atoms with Crippen LogP contribution in [0.3, 0.4) is 0 Å². The lowest BCUT2D eigenvalue weighted by molar-refractivity contribution is 0.0875. The molecule has 2 fully saturated rings. The van der Waals surface area contributed by atoms with E-state index in [-0.39, 0.29) is 0 Å². The molecule has 1 aliphatic carbocycles. The lowest BCUT2D eigenvalue weighted by atomic mass is 10.1. The zero-order chi connectivity index (χ0) is 10.9. The summed E-state index contributed by atoms with van der Waals surface area (Å²) in [6, 6.07) is 2.26. The van der Waals surface area contributed by atoms with E-state index in [9.17, 15) is 0 Å². The van der Waals surface area contributed by atoms with Gasteiger partial charge < -0.3 is 0 Å². The fourth-order valence-electron chi connectivity index (χ4n) is 2.40. The molecule has 0 N–H and O–H groups in total. The Morgan fingerprint density at radius 1 is 1.47 bits per heavy atom. The Kier molecular flexibility index (Phi) is 2.81. The molecule has 3 heteroatoms. The molecule has 15 heavy (non-hydrogen) atoms. The molecule has 0 bridgehead atoms. The molecule has 82 valence electrons. The van der Waals surface area contributed by atoms with Crippen molar-refractivity contribution in [3.8, 4) is 6.07 Å². The summed E-state index contributed by atoms with van der Waals surface area (Å²) in [7, 11) is 2.23. The van der Waals surface area contributed by atoms with Crippen molar-refractivity contribution in [2.45, 2.75) is 25.3 Å². The van der Waals surface area contributed by atoms with Gasteiger partial charge in [0.2, 0.25) is 0 Å². The highest BCUT2D eigenvalue weighted by molar-refractivity contribution is 5.22. The lowest BCUT2D eigenvalue weighted by Gasteiger charge is -2.40. The molecule has 2 rings (SSSR count). The fourth-order valence-corrected chi connectivity index (χ4v) is 2.40. The van der Waals surface area contributed by atoms with E-state index in [1.807, 2.05) is 13.0 Å². The number of likely N-dealkylation sites (N-methyl/N-ethyl adjacent to an activating group) is 1. The van der Waals surface area contributed by atoms with Crippen LogP contribution in [0.15, 0.2) is 11.6 Å². The van der Waals surface area contributed by atoms with Gasteiger partial charge in [0, 0.05) is 37.3 Å². The molecule has 2 aliphatic rings. The predicted octanol–water partition coefficient (Wildman–Crippen LogP) is 1.24. The van der Waals surface area contributed by atoms with Crippen LogP contribution in [0.4, 0.5) is 0 Å². The third kappa shape index (κ3) is 2.06. The van der Waals surface area contributed by atoms with E-state index in [0.717, 1.165) is 31.8 Å². The third-order valence-corrected chi connectivity index (χ3v) is 3.79. The van der Waals surface area contributed by atoms with Crippen molar-refractivity contribution in [1.29, 1.82) is 5.26 Å². The Balaban J connectivity index is 1.93. The predicted molar refractivity (Wildman–Crippen MR) is 60.4 cm³/mol. The molecule has 0 radical (unpaired) electrons. The first kappa shape index (κ1) is 10.7. The second-order valence-electron chi connectivity index (χ2n) is 4.78. The van der Waals surface area contributed by atoms with Crippen LogP contribution >= 0.6 is 0 Å². The Morgan fingerprint density at radius 2 is 2.20 bits per heavy atom. The van der Waals surface area contributed by atoms with Gasteiger partial charge in [0.1, 0.15) is 0 Å². The Bertz CT molecular complexity index is 309. The summed E-state index contributed by atoms with van der Waals surface area (Å²) in [5.74, 6) is 0. The summed E-state index contributed by atoms with van der Waals surface area (Å²) < 4.78 is 0. The van der Waals surface area contributed by atoms with Crippen molar-refractivity contribution in [2.24, 2.45) is 0 Å². The van der Waals surface area contributed by atoms with Crippen LogP contribution in [0.25, 0.3) is 0 Å². The maximum absolute atomic E-state index is 8.90. The molecular weight excluding hydrogens is 186 g/mol. The molecule has 0 aromatic carbocycles. The smallest absolute Gasteiger partial charge is 0.0957 e. The van der Waals surface area contributed by atoms with Crippen molar-refractivity contribution in [3.63, 3.8) is 0 Å². The van der Waals surface area contributed by atoms with Gasteiger partial charge in [-0.05, 0) is 26.8 Å². The molecule has 0 atom stereocenters. The van der Waals surface area contributed by atoms with Gasteiger partial charge in [0.15, 0.2) is 0 Å². The first-order valence-corrected chi connectivity index (χ1v) is 5.69. The zero-order valence-corrected chi connectivity index (χ0v) is 9.66. The molecule has 1 saturated carbocycles. The Labute approximate surface area is 92.0 Å². The largest absolute Gasteiger partial charge is 0.298 e. The van der Waals surface area contributed by atoms with Gasteiger partial charge in [0.05, 0.1) is 6.07 Å². The van der Waals surface area contributed by atoms with Gasteiger partial charge in [-0.15, -0.1) is 0 Å². The van der Waals surface area contributed by atoms with Gasteiger partial charge in [-0.3, -0.25) is 9.80 Å². The molecule has 0 amide bonds.